The van der Waals surface area contributed by atoms with Crippen LogP contribution in [0.25, 0.3) is 0 Å². The lowest BCUT2D eigenvalue weighted by molar-refractivity contribution is -0.122. The van der Waals surface area contributed by atoms with E-state index in [0.29, 0.717) is 43.6 Å². The number of rotatable bonds is 9. The van der Waals surface area contributed by atoms with Gasteiger partial charge in [0.05, 0.1) is 6.54 Å². The molecule has 1 amide bonds. The number of carbonyl (C=O) groups is 1. The molecule has 28 heavy (non-hydrogen) atoms. The van der Waals surface area contributed by atoms with E-state index in [-0.39, 0.29) is 11.7 Å². The van der Waals surface area contributed by atoms with Gasteiger partial charge in [0, 0.05) is 52.1 Å². The molecule has 1 fully saturated rings. The lowest BCUT2D eigenvalue weighted by atomic mass is 10.3. The molecule has 0 atom stereocenters. The molecular weight excluding hydrogens is 390 g/mol. The molecule has 0 bridgehead atoms. The number of anilines is 1. The number of nitrogens with one attached hydrogen (secondary N) is 2. The van der Waals surface area contributed by atoms with Gasteiger partial charge < -0.3 is 25.0 Å². The van der Waals surface area contributed by atoms with Gasteiger partial charge in [-0.3, -0.25) is 9.69 Å². The molecule has 1 aliphatic heterocycles. The molecule has 7 nitrogen and oxygen atoms in total. The average molecular weight is 416 g/mol. The van der Waals surface area contributed by atoms with Crippen LogP contribution in [-0.4, -0.2) is 80.4 Å². The van der Waals surface area contributed by atoms with E-state index in [9.17, 15) is 13.6 Å². The first-order chi connectivity index (χ1) is 13.5. The molecule has 156 valence electrons. The van der Waals surface area contributed by atoms with E-state index in [0.717, 1.165) is 19.5 Å². The molecule has 0 aliphatic carbocycles. The standard InChI is InChI=1S/C18H26F2N4O3S/c1-26-12-2-7-21-16(25)13-23-8-10-24(11-9-23)18(28)22-14-3-5-15(6-4-14)27-17(19)20/h3-6,17H,2,7-13H2,1H3,(H,21,25)(H,22,28). The van der Waals surface area contributed by atoms with Gasteiger partial charge in [0.15, 0.2) is 5.11 Å². The number of methoxy groups -OCH3 is 1. The largest absolute Gasteiger partial charge is 0.435 e. The van der Waals surface area contributed by atoms with Crippen molar-refractivity contribution in [2.45, 2.75) is 13.0 Å². The molecule has 1 saturated heterocycles. The van der Waals surface area contributed by atoms with Gasteiger partial charge in [-0.2, -0.15) is 8.78 Å². The summed E-state index contributed by atoms with van der Waals surface area (Å²) in [6, 6.07) is 6.18. The topological polar surface area (TPSA) is 66.1 Å². The fourth-order valence-corrected chi connectivity index (χ4v) is 3.04. The summed E-state index contributed by atoms with van der Waals surface area (Å²) >= 11 is 5.42. The Balaban J connectivity index is 1.69. The Labute approximate surface area is 169 Å². The highest BCUT2D eigenvalue weighted by atomic mass is 32.1. The second-order valence-corrected chi connectivity index (χ2v) is 6.68. The number of hydrogen-bond donors (Lipinski definition) is 2. The van der Waals surface area contributed by atoms with E-state index >= 15 is 0 Å². The van der Waals surface area contributed by atoms with Gasteiger partial charge in [-0.25, -0.2) is 0 Å². The number of ether oxygens (including phenoxy) is 2. The van der Waals surface area contributed by atoms with Gasteiger partial charge >= 0.3 is 6.61 Å². The highest BCUT2D eigenvalue weighted by molar-refractivity contribution is 7.80. The first-order valence-corrected chi connectivity index (χ1v) is 9.47. The second kappa shape index (κ2) is 11.7. The number of benzene rings is 1. The van der Waals surface area contributed by atoms with Crippen LogP contribution in [0.2, 0.25) is 0 Å². The summed E-state index contributed by atoms with van der Waals surface area (Å²) in [5.74, 6) is 0.108. The predicted molar refractivity (Wildman–Crippen MR) is 107 cm³/mol. The number of carbonyl (C=O) groups excluding carboxylic acids is 1. The number of halogens is 2. The van der Waals surface area contributed by atoms with Crippen molar-refractivity contribution in [2.75, 3.05) is 58.3 Å². The van der Waals surface area contributed by atoms with E-state index in [1.807, 2.05) is 4.90 Å². The first kappa shape index (κ1) is 22.3. The summed E-state index contributed by atoms with van der Waals surface area (Å²) in [6.45, 7) is 1.64. The normalized spacial score (nSPS) is 14.8. The third-order valence-corrected chi connectivity index (χ3v) is 4.57. The monoisotopic (exact) mass is 416 g/mol. The minimum Gasteiger partial charge on any atom is -0.435 e. The van der Waals surface area contributed by atoms with Crippen molar-refractivity contribution in [3.05, 3.63) is 24.3 Å². The number of piperazine rings is 1. The zero-order valence-corrected chi connectivity index (χ0v) is 16.6. The van der Waals surface area contributed by atoms with Gasteiger partial charge in [0.1, 0.15) is 5.75 Å². The maximum atomic E-state index is 12.2. The SMILES string of the molecule is COCCCNC(=O)CN1CCN(C(=S)Nc2ccc(OC(F)F)cc2)CC1. The Morgan fingerprint density at radius 1 is 1.21 bits per heavy atom. The van der Waals surface area contributed by atoms with E-state index in [2.05, 4.69) is 20.3 Å². The predicted octanol–water partition coefficient (Wildman–Crippen LogP) is 1.76. The maximum Gasteiger partial charge on any atom is 0.387 e. The van der Waals surface area contributed by atoms with Gasteiger partial charge in [-0.05, 0) is 42.9 Å². The quantitative estimate of drug-likeness (QED) is 0.470. The number of amides is 1. The molecule has 1 heterocycles. The van der Waals surface area contributed by atoms with Crippen LogP contribution in [0.1, 0.15) is 6.42 Å². The molecule has 1 aromatic rings. The van der Waals surface area contributed by atoms with Crippen LogP contribution in [-0.2, 0) is 9.53 Å². The fraction of sp³-hybridized carbons (Fsp3) is 0.556. The third-order valence-electron chi connectivity index (χ3n) is 4.20. The zero-order valence-electron chi connectivity index (χ0n) is 15.8. The van der Waals surface area contributed by atoms with E-state index in [1.165, 1.54) is 12.1 Å². The maximum absolute atomic E-state index is 12.2. The Morgan fingerprint density at radius 3 is 2.50 bits per heavy atom. The van der Waals surface area contributed by atoms with Crippen LogP contribution in [0.5, 0.6) is 5.75 Å². The molecule has 1 aliphatic rings. The van der Waals surface area contributed by atoms with Crippen molar-refractivity contribution < 1.29 is 23.0 Å². The van der Waals surface area contributed by atoms with Crippen LogP contribution in [0.15, 0.2) is 24.3 Å². The molecule has 0 aromatic heterocycles. The Hall–Kier alpha value is -2.04. The number of nitrogens with zero attached hydrogens (tertiary/aromatic N) is 2. The summed E-state index contributed by atoms with van der Waals surface area (Å²) in [5.41, 5.74) is 0.699. The third kappa shape index (κ3) is 7.91. The van der Waals surface area contributed by atoms with Crippen molar-refractivity contribution in [2.24, 2.45) is 0 Å². The minimum absolute atomic E-state index is 0.0105. The van der Waals surface area contributed by atoms with Crippen molar-refractivity contribution in [3.8, 4) is 5.75 Å². The van der Waals surface area contributed by atoms with Crippen molar-refractivity contribution in [3.63, 3.8) is 0 Å². The molecule has 0 saturated carbocycles. The van der Waals surface area contributed by atoms with Gasteiger partial charge in [0.2, 0.25) is 5.91 Å². The average Bonchev–Trinajstić information content (AvgIpc) is 2.67. The molecule has 10 heteroatoms. The van der Waals surface area contributed by atoms with Crippen molar-refractivity contribution in [1.29, 1.82) is 0 Å². The number of thiocarbonyl (C=S) groups is 1. The van der Waals surface area contributed by atoms with Gasteiger partial charge in [-0.1, -0.05) is 0 Å². The second-order valence-electron chi connectivity index (χ2n) is 6.29. The molecule has 2 N–H and O–H groups in total. The van der Waals surface area contributed by atoms with Crippen LogP contribution in [0, 0.1) is 0 Å². The highest BCUT2D eigenvalue weighted by Gasteiger charge is 2.20. The summed E-state index contributed by atoms with van der Waals surface area (Å²) in [6.07, 6.45) is 0.797. The molecular formula is C18H26F2N4O3S. The molecule has 2 rings (SSSR count). The summed E-state index contributed by atoms with van der Waals surface area (Å²) in [5, 5.41) is 6.53. The van der Waals surface area contributed by atoms with E-state index in [1.54, 1.807) is 19.2 Å². The molecule has 0 spiro atoms. The first-order valence-electron chi connectivity index (χ1n) is 9.06. The van der Waals surface area contributed by atoms with Crippen molar-refractivity contribution >= 4 is 28.9 Å². The Bertz CT molecular complexity index is 626. The summed E-state index contributed by atoms with van der Waals surface area (Å²) < 4.78 is 33.6. The van der Waals surface area contributed by atoms with E-state index in [4.69, 9.17) is 17.0 Å². The van der Waals surface area contributed by atoms with Gasteiger partial charge in [0.25, 0.3) is 0 Å². The molecule has 1 aromatic carbocycles. The lowest BCUT2D eigenvalue weighted by Crippen LogP contribution is -2.52. The number of alkyl halides is 2. The summed E-state index contributed by atoms with van der Waals surface area (Å²) in [4.78, 5) is 16.0. The lowest BCUT2D eigenvalue weighted by Gasteiger charge is -2.35. The minimum atomic E-state index is -2.84. The van der Waals surface area contributed by atoms with Crippen LogP contribution in [0.4, 0.5) is 14.5 Å². The van der Waals surface area contributed by atoms with Crippen molar-refractivity contribution in [1.82, 2.24) is 15.1 Å². The van der Waals surface area contributed by atoms with Gasteiger partial charge in [-0.15, -0.1) is 0 Å². The fourth-order valence-electron chi connectivity index (χ4n) is 2.73. The van der Waals surface area contributed by atoms with Crippen LogP contribution in [0.3, 0.4) is 0 Å². The highest BCUT2D eigenvalue weighted by Crippen LogP contribution is 2.18. The Morgan fingerprint density at radius 2 is 1.89 bits per heavy atom. The van der Waals surface area contributed by atoms with Crippen LogP contribution < -0.4 is 15.4 Å². The molecule has 0 unspecified atom stereocenters. The zero-order chi connectivity index (χ0) is 20.4. The summed E-state index contributed by atoms with van der Waals surface area (Å²) in [7, 11) is 1.64. The molecule has 0 radical (unpaired) electrons. The van der Waals surface area contributed by atoms with Crippen LogP contribution >= 0.6 is 12.2 Å². The van der Waals surface area contributed by atoms with E-state index < -0.39 is 6.61 Å². The smallest absolute Gasteiger partial charge is 0.387 e. The Kier molecular flexibility index (Phi) is 9.32. The number of hydrogen-bond acceptors (Lipinski definition) is 5.